The molecule has 0 bridgehead atoms. The summed E-state index contributed by atoms with van der Waals surface area (Å²) in [7, 11) is 0. The van der Waals surface area contributed by atoms with Crippen molar-refractivity contribution in [1.29, 1.82) is 5.41 Å². The number of aliphatic carboxylic acids is 1. The highest BCUT2D eigenvalue weighted by Gasteiger charge is 2.17. The average molecular weight is 297 g/mol. The Bertz CT molecular complexity index is 667. The number of ether oxygens (including phenoxy) is 1. The third-order valence-electron chi connectivity index (χ3n) is 2.94. The number of carboxylic acid groups (broad SMARTS) is 1. The first-order valence-corrected chi connectivity index (χ1v) is 6.76. The summed E-state index contributed by atoms with van der Waals surface area (Å²) in [6.07, 6.45) is 1.38. The van der Waals surface area contributed by atoms with E-state index in [1.54, 1.807) is 5.32 Å². The molecule has 0 amide bonds. The Morgan fingerprint density at radius 1 is 1.09 bits per heavy atom. The van der Waals surface area contributed by atoms with Crippen molar-refractivity contribution in [1.82, 2.24) is 0 Å². The van der Waals surface area contributed by atoms with E-state index in [4.69, 9.17) is 10.1 Å². The van der Waals surface area contributed by atoms with Gasteiger partial charge in [0.25, 0.3) is 0 Å². The van der Waals surface area contributed by atoms with Crippen molar-refractivity contribution in [2.24, 2.45) is 0 Å². The maximum Gasteiger partial charge on any atom is 0.346 e. The molecule has 0 atom stereocenters. The van der Waals surface area contributed by atoms with Gasteiger partial charge in [-0.15, -0.1) is 0 Å². The fraction of sp³-hybridized carbons (Fsp3) is 0.0588. The van der Waals surface area contributed by atoms with Crippen molar-refractivity contribution < 1.29 is 20.0 Å². The molecule has 0 unspecified atom stereocenters. The smallest absolute Gasteiger partial charge is 0.346 e. The van der Waals surface area contributed by atoms with E-state index in [0.29, 0.717) is 0 Å². The molecule has 112 valence electrons. The molecular formula is C17H17N2O3+. The number of rotatable bonds is 6. The van der Waals surface area contributed by atoms with E-state index >= 15 is 0 Å². The van der Waals surface area contributed by atoms with Gasteiger partial charge in [0.1, 0.15) is 18.5 Å². The minimum absolute atomic E-state index is 0.162. The molecule has 2 aromatic carbocycles. The lowest BCUT2D eigenvalue weighted by Gasteiger charge is -2.07. The second kappa shape index (κ2) is 7.75. The van der Waals surface area contributed by atoms with Crippen LogP contribution in [0.4, 0.5) is 5.69 Å². The van der Waals surface area contributed by atoms with Crippen molar-refractivity contribution in [2.45, 2.75) is 6.61 Å². The molecule has 0 spiro atoms. The summed E-state index contributed by atoms with van der Waals surface area (Å²) in [5.74, 6) is -1.55. The quantitative estimate of drug-likeness (QED) is 0.330. The summed E-state index contributed by atoms with van der Waals surface area (Å²) >= 11 is 0. The van der Waals surface area contributed by atoms with Gasteiger partial charge >= 0.3 is 5.97 Å². The van der Waals surface area contributed by atoms with Crippen LogP contribution in [-0.2, 0) is 16.1 Å². The molecule has 5 nitrogen and oxygen atoms in total. The zero-order valence-corrected chi connectivity index (χ0v) is 11.9. The second-order valence-corrected chi connectivity index (χ2v) is 4.57. The number of hydrogen-bond acceptors (Lipinski definition) is 3. The summed E-state index contributed by atoms with van der Waals surface area (Å²) in [5.41, 5.74) is 1.56. The number of para-hydroxylation sites is 1. The summed E-state index contributed by atoms with van der Waals surface area (Å²) in [6, 6.07) is 18.6. The molecule has 0 saturated heterocycles. The Balaban J connectivity index is 2.01. The largest absolute Gasteiger partial charge is 0.477 e. The lowest BCUT2D eigenvalue weighted by molar-refractivity contribution is -0.496. The Morgan fingerprint density at radius 3 is 2.27 bits per heavy atom. The number of benzene rings is 2. The van der Waals surface area contributed by atoms with Gasteiger partial charge in [0.2, 0.25) is 5.90 Å². The third-order valence-corrected chi connectivity index (χ3v) is 2.94. The van der Waals surface area contributed by atoms with Gasteiger partial charge in [-0.25, -0.2) is 4.79 Å². The van der Waals surface area contributed by atoms with Crippen LogP contribution in [-0.4, -0.2) is 17.0 Å². The Labute approximate surface area is 128 Å². The SMILES string of the molecule is N=C(OCc1ccccc1)/C(=C\[NH2+]c1ccccc1)C(=O)O. The molecule has 0 aliphatic rings. The third kappa shape index (κ3) is 4.57. The fourth-order valence-electron chi connectivity index (χ4n) is 1.80. The number of carboxylic acids is 1. The van der Waals surface area contributed by atoms with Gasteiger partial charge < -0.3 is 9.84 Å². The standard InChI is InChI=1S/C17H16N2O3/c18-16(22-12-13-7-3-1-4-8-13)15(17(20)21)11-19-14-9-5-2-6-10-14/h1-11,18-19H,12H2,(H,20,21)/p+1/b15-11+,18-16?. The van der Waals surface area contributed by atoms with Crippen molar-refractivity contribution in [2.75, 3.05) is 0 Å². The molecule has 0 aliphatic heterocycles. The molecule has 22 heavy (non-hydrogen) atoms. The maximum absolute atomic E-state index is 11.3. The van der Waals surface area contributed by atoms with Crippen LogP contribution in [0, 0.1) is 5.41 Å². The first-order chi connectivity index (χ1) is 10.7. The lowest BCUT2D eigenvalue weighted by atomic mass is 10.2. The zero-order valence-electron chi connectivity index (χ0n) is 11.9. The molecular weight excluding hydrogens is 280 g/mol. The highest BCUT2D eigenvalue weighted by Crippen LogP contribution is 2.05. The van der Waals surface area contributed by atoms with Crippen LogP contribution in [0.15, 0.2) is 72.4 Å². The normalized spacial score (nSPS) is 11.0. The molecule has 0 heterocycles. The van der Waals surface area contributed by atoms with Crippen LogP contribution in [0.5, 0.6) is 0 Å². The minimum Gasteiger partial charge on any atom is -0.477 e. The molecule has 0 fully saturated rings. The highest BCUT2D eigenvalue weighted by molar-refractivity contribution is 6.14. The zero-order chi connectivity index (χ0) is 15.8. The predicted octanol–water partition coefficient (Wildman–Crippen LogP) is 2.04. The Hall–Kier alpha value is -2.92. The molecule has 2 rings (SSSR count). The van der Waals surface area contributed by atoms with E-state index < -0.39 is 5.97 Å². The average Bonchev–Trinajstić information content (AvgIpc) is 2.55. The molecule has 0 saturated carbocycles. The number of carbonyl (C=O) groups is 1. The minimum atomic E-state index is -1.19. The number of hydrogen-bond donors (Lipinski definition) is 3. The Morgan fingerprint density at radius 2 is 1.68 bits per heavy atom. The Kier molecular flexibility index (Phi) is 5.45. The van der Waals surface area contributed by atoms with Crippen molar-refractivity contribution in [3.05, 3.63) is 78.0 Å². The van der Waals surface area contributed by atoms with Crippen LogP contribution in [0.25, 0.3) is 0 Å². The summed E-state index contributed by atoms with van der Waals surface area (Å²) in [6.45, 7) is 0.162. The molecule has 0 radical (unpaired) electrons. The van der Waals surface area contributed by atoms with Gasteiger partial charge in [0, 0.05) is 0 Å². The van der Waals surface area contributed by atoms with Gasteiger partial charge in [-0.1, -0.05) is 48.5 Å². The van der Waals surface area contributed by atoms with E-state index in [1.807, 2.05) is 60.7 Å². The first kappa shape index (κ1) is 15.5. The van der Waals surface area contributed by atoms with Crippen molar-refractivity contribution >= 4 is 17.6 Å². The summed E-state index contributed by atoms with van der Waals surface area (Å²) in [5, 5.41) is 18.7. The van der Waals surface area contributed by atoms with E-state index in [-0.39, 0.29) is 18.1 Å². The summed E-state index contributed by atoms with van der Waals surface area (Å²) < 4.78 is 5.25. The van der Waals surface area contributed by atoms with Crippen molar-refractivity contribution in [3.63, 3.8) is 0 Å². The van der Waals surface area contributed by atoms with E-state index in [0.717, 1.165) is 11.3 Å². The van der Waals surface area contributed by atoms with Gasteiger partial charge in [-0.05, 0) is 17.7 Å². The molecule has 4 N–H and O–H groups in total. The lowest BCUT2D eigenvalue weighted by Crippen LogP contribution is -2.71. The van der Waals surface area contributed by atoms with Crippen LogP contribution in [0.3, 0.4) is 0 Å². The van der Waals surface area contributed by atoms with Gasteiger partial charge in [-0.3, -0.25) is 10.7 Å². The number of quaternary nitrogens is 1. The topological polar surface area (TPSA) is 87.0 Å². The number of nitrogens with two attached hydrogens (primary N) is 1. The van der Waals surface area contributed by atoms with Crippen molar-refractivity contribution in [3.8, 4) is 0 Å². The van der Waals surface area contributed by atoms with Gasteiger partial charge in [0.05, 0.1) is 0 Å². The first-order valence-electron chi connectivity index (χ1n) is 6.76. The van der Waals surface area contributed by atoms with E-state index in [9.17, 15) is 9.90 Å². The van der Waals surface area contributed by atoms with E-state index in [2.05, 4.69) is 0 Å². The highest BCUT2D eigenvalue weighted by atomic mass is 16.5. The van der Waals surface area contributed by atoms with Crippen LogP contribution in [0.1, 0.15) is 5.56 Å². The van der Waals surface area contributed by atoms with Crippen LogP contribution >= 0.6 is 0 Å². The monoisotopic (exact) mass is 297 g/mol. The van der Waals surface area contributed by atoms with Gasteiger partial charge in [0.15, 0.2) is 5.57 Å². The second-order valence-electron chi connectivity index (χ2n) is 4.57. The number of nitrogens with one attached hydrogen (secondary N) is 1. The van der Waals surface area contributed by atoms with Crippen LogP contribution in [0.2, 0.25) is 0 Å². The molecule has 5 heteroatoms. The predicted molar refractivity (Wildman–Crippen MR) is 82.7 cm³/mol. The summed E-state index contributed by atoms with van der Waals surface area (Å²) in [4.78, 5) is 11.3. The molecule has 0 aromatic heterocycles. The van der Waals surface area contributed by atoms with Crippen LogP contribution < -0.4 is 5.32 Å². The molecule has 2 aromatic rings. The van der Waals surface area contributed by atoms with Gasteiger partial charge in [-0.2, -0.15) is 0 Å². The van der Waals surface area contributed by atoms with E-state index in [1.165, 1.54) is 6.20 Å². The molecule has 0 aliphatic carbocycles. The maximum atomic E-state index is 11.3. The fourth-order valence-corrected chi connectivity index (χ4v) is 1.80.